The van der Waals surface area contributed by atoms with E-state index in [1.807, 2.05) is 7.05 Å². The minimum atomic E-state index is -3.26. The number of hydrogen-bond donors (Lipinski definition) is 1. The molecule has 0 aliphatic carbocycles. The Hall–Kier alpha value is 0.639. The van der Waals surface area contributed by atoms with E-state index in [9.17, 15) is 0 Å². The molecule has 0 rings (SSSR count). The Morgan fingerprint density at radius 2 is 1.26 bits per heavy atom. The molecule has 0 spiro atoms. The van der Waals surface area contributed by atoms with Crippen molar-refractivity contribution in [2.75, 3.05) is 33.4 Å². The van der Waals surface area contributed by atoms with Gasteiger partial charge in [0.15, 0.2) is 0 Å². The number of unbranched alkanes of at least 4 members (excludes halogenated alkanes) is 1. The van der Waals surface area contributed by atoms with Crippen LogP contribution in [0.5, 0.6) is 0 Å². The summed E-state index contributed by atoms with van der Waals surface area (Å²) in [6, 6.07) is 0. The summed E-state index contributed by atoms with van der Waals surface area (Å²) in [6.45, 7) is 9.78. The normalized spacial score (nSPS) is 12.0. The molecule has 1 N–H and O–H groups in total. The molecular formula is C14H33NO3Sn. The van der Waals surface area contributed by atoms with Crippen molar-refractivity contribution >= 4 is 19.6 Å². The fourth-order valence-corrected chi connectivity index (χ4v) is 10.1. The molecule has 0 heterocycles. The van der Waals surface area contributed by atoms with E-state index in [1.54, 1.807) is 0 Å². The Morgan fingerprint density at radius 3 is 1.63 bits per heavy atom. The van der Waals surface area contributed by atoms with Gasteiger partial charge in [0.25, 0.3) is 0 Å². The summed E-state index contributed by atoms with van der Waals surface area (Å²) in [5.41, 5.74) is 0. The molecular weight excluding hydrogens is 349 g/mol. The standard InChI is InChI=1S/C5H12N.3C3H7O.Sn/c1-3-4-5-6-2;3*1-2-3-4;/h6H,1,3-5H2,2H3;3*2-3H2,1H3;/q;3*-1;+3. The molecule has 0 amide bonds. The first-order chi connectivity index (χ1) is 9.24. The SMILES string of the molecule is CCC[O][Sn]([CH2]CCCNC)([O]CCC)[O]CCC. The van der Waals surface area contributed by atoms with E-state index in [1.165, 1.54) is 0 Å². The zero-order chi connectivity index (χ0) is 14.4. The first kappa shape index (κ1) is 19.6. The van der Waals surface area contributed by atoms with E-state index in [0.717, 1.165) is 62.9 Å². The van der Waals surface area contributed by atoms with Crippen LogP contribution in [0.3, 0.4) is 0 Å². The van der Waals surface area contributed by atoms with Crippen LogP contribution in [-0.4, -0.2) is 53.0 Å². The van der Waals surface area contributed by atoms with Gasteiger partial charge in [0.05, 0.1) is 0 Å². The van der Waals surface area contributed by atoms with Crippen molar-refractivity contribution in [1.29, 1.82) is 0 Å². The molecule has 0 aromatic carbocycles. The molecule has 0 aromatic rings. The van der Waals surface area contributed by atoms with E-state index >= 15 is 0 Å². The first-order valence-electron chi connectivity index (χ1n) is 7.81. The summed E-state index contributed by atoms with van der Waals surface area (Å²) in [5.74, 6) is 0. The van der Waals surface area contributed by atoms with Crippen molar-refractivity contribution in [3.05, 3.63) is 0 Å². The summed E-state index contributed by atoms with van der Waals surface area (Å²) < 4.78 is 19.3. The quantitative estimate of drug-likeness (QED) is 0.370. The average molecular weight is 382 g/mol. The molecule has 5 heteroatoms. The van der Waals surface area contributed by atoms with Crippen LogP contribution in [0.1, 0.15) is 52.9 Å². The number of nitrogens with one attached hydrogen (secondary N) is 1. The predicted molar refractivity (Wildman–Crippen MR) is 82.5 cm³/mol. The molecule has 19 heavy (non-hydrogen) atoms. The summed E-state index contributed by atoms with van der Waals surface area (Å²) in [7, 11) is 1.99. The Labute approximate surface area is 125 Å². The van der Waals surface area contributed by atoms with Gasteiger partial charge in [-0.05, 0) is 0 Å². The van der Waals surface area contributed by atoms with Crippen molar-refractivity contribution in [2.45, 2.75) is 57.3 Å². The van der Waals surface area contributed by atoms with Gasteiger partial charge in [-0.25, -0.2) is 0 Å². The molecule has 0 saturated heterocycles. The molecule has 0 aliphatic heterocycles. The van der Waals surface area contributed by atoms with Gasteiger partial charge < -0.3 is 0 Å². The summed E-state index contributed by atoms with van der Waals surface area (Å²) in [5, 5.41) is 3.18. The van der Waals surface area contributed by atoms with Gasteiger partial charge in [-0.1, -0.05) is 0 Å². The molecule has 0 fully saturated rings. The molecule has 0 bridgehead atoms. The third-order valence-electron chi connectivity index (χ3n) is 2.74. The third kappa shape index (κ3) is 10.1. The fourth-order valence-electron chi connectivity index (χ4n) is 1.76. The Morgan fingerprint density at radius 1 is 0.789 bits per heavy atom. The molecule has 0 unspecified atom stereocenters. The van der Waals surface area contributed by atoms with Crippen molar-refractivity contribution < 1.29 is 9.22 Å². The van der Waals surface area contributed by atoms with Gasteiger partial charge in [0.1, 0.15) is 0 Å². The second kappa shape index (κ2) is 13.6. The molecule has 0 aromatic heterocycles. The molecule has 116 valence electrons. The average Bonchev–Trinajstić information content (AvgIpc) is 2.44. The Kier molecular flexibility index (Phi) is 14.1. The zero-order valence-corrected chi connectivity index (χ0v) is 16.1. The Bertz CT molecular complexity index is 172. The van der Waals surface area contributed by atoms with Crippen LogP contribution in [0.2, 0.25) is 4.44 Å². The van der Waals surface area contributed by atoms with E-state index in [4.69, 9.17) is 9.22 Å². The molecule has 0 aliphatic rings. The van der Waals surface area contributed by atoms with Crippen LogP contribution in [0, 0.1) is 0 Å². The third-order valence-corrected chi connectivity index (χ3v) is 11.0. The van der Waals surface area contributed by atoms with Gasteiger partial charge in [-0.3, -0.25) is 0 Å². The van der Waals surface area contributed by atoms with E-state index in [2.05, 4.69) is 26.1 Å². The monoisotopic (exact) mass is 383 g/mol. The number of hydrogen-bond acceptors (Lipinski definition) is 4. The maximum absolute atomic E-state index is 6.11. The van der Waals surface area contributed by atoms with Crippen molar-refractivity contribution in [3.63, 3.8) is 0 Å². The van der Waals surface area contributed by atoms with Gasteiger partial charge in [0, 0.05) is 0 Å². The van der Waals surface area contributed by atoms with E-state index in [0.29, 0.717) is 0 Å². The zero-order valence-electron chi connectivity index (χ0n) is 13.3. The number of rotatable bonds is 14. The van der Waals surface area contributed by atoms with Crippen LogP contribution in [0.15, 0.2) is 0 Å². The molecule has 0 atom stereocenters. The van der Waals surface area contributed by atoms with Crippen LogP contribution in [0.4, 0.5) is 0 Å². The summed E-state index contributed by atoms with van der Waals surface area (Å²) >= 11 is -3.26. The van der Waals surface area contributed by atoms with Crippen LogP contribution in [0.25, 0.3) is 0 Å². The first-order valence-corrected chi connectivity index (χ1v) is 13.3. The summed E-state index contributed by atoms with van der Waals surface area (Å²) in [6.07, 6.45) is 5.38. The topological polar surface area (TPSA) is 39.7 Å². The van der Waals surface area contributed by atoms with Gasteiger partial charge >= 0.3 is 125 Å². The Balaban J connectivity index is 4.38. The molecule has 0 saturated carbocycles. The van der Waals surface area contributed by atoms with Crippen molar-refractivity contribution in [2.24, 2.45) is 0 Å². The summed E-state index contributed by atoms with van der Waals surface area (Å²) in [4.78, 5) is 0. The fraction of sp³-hybridized carbons (Fsp3) is 1.00. The van der Waals surface area contributed by atoms with Gasteiger partial charge in [0.2, 0.25) is 0 Å². The molecule has 0 radical (unpaired) electrons. The predicted octanol–water partition coefficient (Wildman–Crippen LogP) is 3.20. The van der Waals surface area contributed by atoms with E-state index < -0.39 is 19.6 Å². The van der Waals surface area contributed by atoms with Gasteiger partial charge in [-0.15, -0.1) is 0 Å². The van der Waals surface area contributed by atoms with Crippen LogP contribution >= 0.6 is 0 Å². The minimum absolute atomic E-state index is 0.773. The molecule has 4 nitrogen and oxygen atoms in total. The van der Waals surface area contributed by atoms with E-state index in [-0.39, 0.29) is 0 Å². The van der Waals surface area contributed by atoms with Crippen molar-refractivity contribution in [1.82, 2.24) is 5.32 Å². The second-order valence-corrected chi connectivity index (χ2v) is 12.6. The maximum atomic E-state index is 6.11. The second-order valence-electron chi connectivity index (χ2n) is 4.79. The van der Waals surface area contributed by atoms with Crippen LogP contribution in [-0.2, 0) is 9.22 Å². The van der Waals surface area contributed by atoms with Gasteiger partial charge in [-0.2, -0.15) is 0 Å². The van der Waals surface area contributed by atoms with Crippen molar-refractivity contribution in [3.8, 4) is 0 Å². The van der Waals surface area contributed by atoms with Crippen LogP contribution < -0.4 is 5.32 Å².